The maximum Gasteiger partial charge on any atom is 0.234 e. The van der Waals surface area contributed by atoms with Crippen LogP contribution in [0.4, 0.5) is 0 Å². The van der Waals surface area contributed by atoms with Gasteiger partial charge in [0, 0.05) is 0 Å². The molecule has 0 aromatic heterocycles. The van der Waals surface area contributed by atoms with Crippen molar-refractivity contribution in [3.63, 3.8) is 0 Å². The van der Waals surface area contributed by atoms with E-state index in [0.29, 0.717) is 6.42 Å². The van der Waals surface area contributed by atoms with E-state index in [1.807, 2.05) is 24.3 Å². The second-order valence-electron chi connectivity index (χ2n) is 3.82. The van der Waals surface area contributed by atoms with E-state index < -0.39 is 0 Å². The summed E-state index contributed by atoms with van der Waals surface area (Å²) in [5, 5.41) is 2.41. The van der Waals surface area contributed by atoms with Crippen molar-refractivity contribution in [1.29, 1.82) is 0 Å². The van der Waals surface area contributed by atoms with Gasteiger partial charge in [-0.3, -0.25) is 14.9 Å². The molecule has 2 aliphatic rings. The third-order valence-corrected chi connectivity index (χ3v) is 3.10. The molecule has 2 atom stereocenters. The zero-order valence-corrected chi connectivity index (χ0v) is 7.49. The van der Waals surface area contributed by atoms with Gasteiger partial charge in [-0.1, -0.05) is 24.3 Å². The maximum absolute atomic E-state index is 11.5. The quantitative estimate of drug-likeness (QED) is 0.614. The third kappa shape index (κ3) is 0.816. The van der Waals surface area contributed by atoms with Crippen molar-refractivity contribution >= 4 is 11.8 Å². The summed E-state index contributed by atoms with van der Waals surface area (Å²) in [6.45, 7) is 0. The van der Waals surface area contributed by atoms with Gasteiger partial charge in [0.15, 0.2) is 0 Å². The van der Waals surface area contributed by atoms with Crippen molar-refractivity contribution in [3.05, 3.63) is 35.4 Å². The van der Waals surface area contributed by atoms with Gasteiger partial charge >= 0.3 is 0 Å². The van der Waals surface area contributed by atoms with Gasteiger partial charge in [0.05, 0.1) is 11.8 Å². The Labute approximate surface area is 81.1 Å². The first-order valence-corrected chi connectivity index (χ1v) is 4.71. The molecule has 1 aliphatic carbocycles. The van der Waals surface area contributed by atoms with Crippen LogP contribution in [0, 0.1) is 0 Å². The van der Waals surface area contributed by atoms with E-state index in [-0.39, 0.29) is 23.7 Å². The Hall–Kier alpha value is -1.64. The number of hydrogen-bond acceptors (Lipinski definition) is 2. The van der Waals surface area contributed by atoms with Crippen molar-refractivity contribution in [2.24, 2.45) is 0 Å². The molecule has 1 saturated heterocycles. The average molecular weight is 187 g/mol. The number of carbonyl (C=O) groups is 2. The summed E-state index contributed by atoms with van der Waals surface area (Å²) >= 11 is 0. The third-order valence-electron chi connectivity index (χ3n) is 3.10. The molecule has 3 nitrogen and oxygen atoms in total. The van der Waals surface area contributed by atoms with Crippen molar-refractivity contribution in [1.82, 2.24) is 5.32 Å². The SMILES string of the molecule is O=C1NC(=O)C2CC1c1ccccc12. The Morgan fingerprint density at radius 2 is 1.50 bits per heavy atom. The molecule has 0 spiro atoms. The zero-order chi connectivity index (χ0) is 9.71. The molecular formula is C11H9NO2. The number of nitrogens with one attached hydrogen (secondary N) is 1. The van der Waals surface area contributed by atoms with E-state index in [1.165, 1.54) is 0 Å². The number of carbonyl (C=O) groups excluding carboxylic acids is 2. The molecule has 70 valence electrons. The van der Waals surface area contributed by atoms with Crippen LogP contribution in [0.3, 0.4) is 0 Å². The van der Waals surface area contributed by atoms with Gasteiger partial charge in [-0.05, 0) is 17.5 Å². The number of benzene rings is 1. The Morgan fingerprint density at radius 3 is 2.00 bits per heavy atom. The van der Waals surface area contributed by atoms with Crippen LogP contribution in [-0.4, -0.2) is 11.8 Å². The summed E-state index contributed by atoms with van der Waals surface area (Å²) in [4.78, 5) is 23.0. The van der Waals surface area contributed by atoms with E-state index >= 15 is 0 Å². The van der Waals surface area contributed by atoms with Gasteiger partial charge in [-0.2, -0.15) is 0 Å². The van der Waals surface area contributed by atoms with E-state index in [0.717, 1.165) is 11.1 Å². The van der Waals surface area contributed by atoms with E-state index in [1.54, 1.807) is 0 Å². The summed E-state index contributed by atoms with van der Waals surface area (Å²) < 4.78 is 0. The first kappa shape index (κ1) is 7.74. The molecule has 0 saturated carbocycles. The van der Waals surface area contributed by atoms with Gasteiger partial charge in [-0.15, -0.1) is 0 Å². The van der Waals surface area contributed by atoms with Crippen molar-refractivity contribution < 1.29 is 9.59 Å². The fraction of sp³-hybridized carbons (Fsp3) is 0.273. The number of hydrogen-bond donors (Lipinski definition) is 1. The fourth-order valence-electron chi connectivity index (χ4n) is 2.43. The van der Waals surface area contributed by atoms with Crippen LogP contribution >= 0.6 is 0 Å². The van der Waals surface area contributed by atoms with Crippen LogP contribution in [0.2, 0.25) is 0 Å². The predicted molar refractivity (Wildman–Crippen MR) is 49.7 cm³/mol. The van der Waals surface area contributed by atoms with Gasteiger partial charge in [0.2, 0.25) is 11.8 Å². The normalized spacial score (nSPS) is 28.6. The van der Waals surface area contributed by atoms with E-state index in [9.17, 15) is 9.59 Å². The van der Waals surface area contributed by atoms with E-state index in [2.05, 4.69) is 5.32 Å². The standard InChI is InChI=1S/C11H9NO2/c13-10-8-5-9(11(14)12-10)7-4-2-1-3-6(7)8/h1-4,8-9H,5H2,(H,12,13,14). The predicted octanol–water partition coefficient (Wildman–Crippen LogP) is 0.914. The Kier molecular flexibility index (Phi) is 1.35. The first-order chi connectivity index (χ1) is 6.77. The van der Waals surface area contributed by atoms with Crippen LogP contribution in [0.5, 0.6) is 0 Å². The molecule has 1 aliphatic heterocycles. The summed E-state index contributed by atoms with van der Waals surface area (Å²) in [5.41, 5.74) is 2.06. The van der Waals surface area contributed by atoms with E-state index in [4.69, 9.17) is 0 Å². The lowest BCUT2D eigenvalue weighted by atomic mass is 9.96. The highest BCUT2D eigenvalue weighted by molar-refractivity contribution is 6.06. The molecule has 1 aromatic carbocycles. The highest BCUT2D eigenvalue weighted by Gasteiger charge is 2.43. The van der Waals surface area contributed by atoms with Crippen LogP contribution in [0.1, 0.15) is 29.4 Å². The molecule has 3 heteroatoms. The fourth-order valence-corrected chi connectivity index (χ4v) is 2.43. The molecule has 2 amide bonds. The average Bonchev–Trinajstić information content (AvgIpc) is 2.52. The van der Waals surface area contributed by atoms with Gasteiger partial charge in [0.1, 0.15) is 0 Å². The largest absolute Gasteiger partial charge is 0.295 e. The van der Waals surface area contributed by atoms with Gasteiger partial charge in [0.25, 0.3) is 0 Å². The molecular weight excluding hydrogens is 178 g/mol. The smallest absolute Gasteiger partial charge is 0.234 e. The lowest BCUT2D eigenvalue weighted by Gasteiger charge is -2.17. The number of rotatable bonds is 0. The molecule has 0 radical (unpaired) electrons. The van der Waals surface area contributed by atoms with Gasteiger partial charge < -0.3 is 0 Å². The molecule has 1 heterocycles. The minimum Gasteiger partial charge on any atom is -0.295 e. The zero-order valence-electron chi connectivity index (χ0n) is 7.49. The van der Waals surface area contributed by atoms with Gasteiger partial charge in [-0.25, -0.2) is 0 Å². The van der Waals surface area contributed by atoms with Crippen LogP contribution in [0.25, 0.3) is 0 Å². The summed E-state index contributed by atoms with van der Waals surface area (Å²) in [6, 6.07) is 7.71. The lowest BCUT2D eigenvalue weighted by molar-refractivity contribution is -0.134. The molecule has 2 bridgehead atoms. The Morgan fingerprint density at radius 1 is 1.00 bits per heavy atom. The minimum absolute atomic E-state index is 0.103. The first-order valence-electron chi connectivity index (χ1n) is 4.71. The number of fused-ring (bicyclic) bond motifs is 5. The molecule has 1 N–H and O–H groups in total. The molecule has 1 fully saturated rings. The monoisotopic (exact) mass is 187 g/mol. The second kappa shape index (κ2) is 2.44. The topological polar surface area (TPSA) is 46.2 Å². The van der Waals surface area contributed by atoms with Crippen LogP contribution < -0.4 is 5.32 Å². The highest BCUT2D eigenvalue weighted by Crippen LogP contribution is 2.44. The molecule has 1 aromatic rings. The van der Waals surface area contributed by atoms with Crippen molar-refractivity contribution in [2.75, 3.05) is 0 Å². The van der Waals surface area contributed by atoms with Crippen molar-refractivity contribution in [3.8, 4) is 0 Å². The number of imide groups is 1. The Balaban J connectivity index is 2.22. The number of piperidine rings is 1. The Bertz CT molecular complexity index is 400. The van der Waals surface area contributed by atoms with Crippen molar-refractivity contribution in [2.45, 2.75) is 18.3 Å². The van der Waals surface area contributed by atoms with Crippen LogP contribution in [-0.2, 0) is 9.59 Å². The second-order valence-corrected chi connectivity index (χ2v) is 3.82. The number of amides is 2. The highest BCUT2D eigenvalue weighted by atomic mass is 16.2. The molecule has 2 unspecified atom stereocenters. The molecule has 14 heavy (non-hydrogen) atoms. The maximum atomic E-state index is 11.5. The molecule has 3 rings (SSSR count). The lowest BCUT2D eigenvalue weighted by Crippen LogP contribution is -2.40. The van der Waals surface area contributed by atoms with Crippen LogP contribution in [0.15, 0.2) is 24.3 Å². The minimum atomic E-state index is -0.142. The summed E-state index contributed by atoms with van der Waals surface area (Å²) in [7, 11) is 0. The summed E-state index contributed by atoms with van der Waals surface area (Å²) in [5.74, 6) is -0.491. The summed E-state index contributed by atoms with van der Waals surface area (Å²) in [6.07, 6.45) is 0.657.